The second-order valence-corrected chi connectivity index (χ2v) is 17.7. The number of aromatic nitrogens is 3. The first-order valence-electron chi connectivity index (χ1n) is 25.6. The number of hydrogen-bond acceptors (Lipinski definition) is 3. The molecule has 1 N–H and O–H groups in total. The molecule has 2 aromatic heterocycles. The molecule has 0 saturated carbocycles. The average molecular weight is 1050 g/mol. The average Bonchev–Trinajstić information content (AvgIpc) is 3.72. The van der Waals surface area contributed by atoms with Crippen LogP contribution in [0.4, 0.5) is 0 Å². The van der Waals surface area contributed by atoms with Crippen molar-refractivity contribution in [2.45, 2.75) is 85.8 Å². The predicted molar refractivity (Wildman–Crippen MR) is 273 cm³/mol. The smallest absolute Gasteiger partial charge is 0.148 e. The van der Waals surface area contributed by atoms with Crippen molar-refractivity contribution in [3.05, 3.63) is 192 Å². The Morgan fingerprint density at radius 3 is 1.85 bits per heavy atom. The van der Waals surface area contributed by atoms with Gasteiger partial charge in [0.15, 0.2) is 0 Å². The molecule has 7 aromatic carbocycles. The molecule has 66 heavy (non-hydrogen) atoms. The van der Waals surface area contributed by atoms with Crippen molar-refractivity contribution in [2.75, 3.05) is 0 Å². The Balaban J connectivity index is 0.00000711. The standard InChI is InChI=1S/C61H58N3O.Pt/c1-37(2)46-34-54(40(7)8)60(65)55(35-46)61-63-59-53(19-14-20-57(59)64(61)50-27-25-44(26-28-50)58-51(38(3)4)17-13-18-52(58)39(5)6)48-31-47(42-15-11-10-12-16-42)32-49(33-48)56-36-45(29-30-62-56)43-23-21-41(9)22-24-43;/h10-32,34-40,65H,1-9H3;/q-1;/i9D3,37D,38D,39D,40D;. The first-order valence-corrected chi connectivity index (χ1v) is 22.1. The summed E-state index contributed by atoms with van der Waals surface area (Å²) in [6, 6.07) is 52.2. The summed E-state index contributed by atoms with van der Waals surface area (Å²) < 4.78 is 62.1. The minimum atomic E-state index is -2.21. The topological polar surface area (TPSA) is 50.9 Å². The Bertz CT molecular complexity index is 3450. The predicted octanol–water partition coefficient (Wildman–Crippen LogP) is 16.7. The molecule has 5 heteroatoms. The fraction of sp³-hybridized carbons (Fsp3) is 0.213. The number of nitrogens with zero attached hydrogens (tertiary/aromatic N) is 3. The molecule has 0 fully saturated rings. The van der Waals surface area contributed by atoms with Crippen LogP contribution in [0.1, 0.15) is 116 Å². The Morgan fingerprint density at radius 1 is 0.561 bits per heavy atom. The zero-order valence-electron chi connectivity index (χ0n) is 45.6. The summed E-state index contributed by atoms with van der Waals surface area (Å²) in [6.07, 6.45) is 1.75. The molecule has 0 aliphatic carbocycles. The summed E-state index contributed by atoms with van der Waals surface area (Å²) in [4.78, 5) is 10.3. The van der Waals surface area contributed by atoms with E-state index in [2.05, 4.69) is 30.3 Å². The number of hydrogen-bond donors (Lipinski definition) is 1. The van der Waals surface area contributed by atoms with Gasteiger partial charge in [0.25, 0.3) is 0 Å². The van der Waals surface area contributed by atoms with E-state index < -0.39 is 30.4 Å². The summed E-state index contributed by atoms with van der Waals surface area (Å²) >= 11 is 0. The maximum Gasteiger partial charge on any atom is 0.148 e. The number of imidazole rings is 1. The fourth-order valence-electron chi connectivity index (χ4n) is 8.78. The van der Waals surface area contributed by atoms with Gasteiger partial charge in [-0.15, -0.1) is 23.8 Å². The van der Waals surface area contributed by atoms with Gasteiger partial charge in [-0.05, 0) is 111 Å². The van der Waals surface area contributed by atoms with E-state index in [1.54, 1.807) is 52.1 Å². The van der Waals surface area contributed by atoms with E-state index in [0.29, 0.717) is 33.7 Å². The van der Waals surface area contributed by atoms with E-state index in [9.17, 15) is 5.11 Å². The van der Waals surface area contributed by atoms with Crippen LogP contribution in [-0.2, 0) is 21.1 Å². The van der Waals surface area contributed by atoms with Crippen LogP contribution in [-0.4, -0.2) is 19.6 Å². The normalized spacial score (nSPS) is 14.0. The summed E-state index contributed by atoms with van der Waals surface area (Å²) in [5.74, 6) is -3.87. The zero-order valence-corrected chi connectivity index (χ0v) is 40.9. The van der Waals surface area contributed by atoms with Gasteiger partial charge in [-0.25, -0.2) is 4.98 Å². The maximum atomic E-state index is 12.3. The molecule has 2 heterocycles. The number of para-hydroxylation sites is 1. The zero-order chi connectivity index (χ0) is 51.7. The molecule has 0 atom stereocenters. The number of fused-ring (bicyclic) bond motifs is 1. The number of benzene rings is 7. The molecule has 0 radical (unpaired) electrons. The van der Waals surface area contributed by atoms with Gasteiger partial charge in [-0.1, -0.05) is 187 Å². The summed E-state index contributed by atoms with van der Waals surface area (Å²) in [5, 5.41) is 12.3. The van der Waals surface area contributed by atoms with Crippen molar-refractivity contribution < 1.29 is 35.8 Å². The molecule has 0 saturated heterocycles. The Hall–Kier alpha value is -6.35. The van der Waals surface area contributed by atoms with Gasteiger partial charge in [0, 0.05) is 48.2 Å². The third-order valence-electron chi connectivity index (χ3n) is 12.2. The second-order valence-electron chi connectivity index (χ2n) is 17.7. The maximum absolute atomic E-state index is 12.3. The molecule has 4 nitrogen and oxygen atoms in total. The van der Waals surface area contributed by atoms with Gasteiger partial charge in [0.1, 0.15) is 11.6 Å². The number of phenolic OH excluding ortho intramolecular Hbond substituents is 1. The third-order valence-corrected chi connectivity index (χ3v) is 12.2. The van der Waals surface area contributed by atoms with Crippen LogP contribution in [0.25, 0.3) is 83.9 Å². The summed E-state index contributed by atoms with van der Waals surface area (Å²) in [5.41, 5.74) is 13.6. The number of phenols is 1. The summed E-state index contributed by atoms with van der Waals surface area (Å²) in [7, 11) is 0. The molecule has 9 aromatic rings. The van der Waals surface area contributed by atoms with Crippen LogP contribution in [0, 0.1) is 12.9 Å². The van der Waals surface area contributed by atoms with Gasteiger partial charge in [0.2, 0.25) is 0 Å². The van der Waals surface area contributed by atoms with Crippen LogP contribution in [0.3, 0.4) is 0 Å². The van der Waals surface area contributed by atoms with Crippen LogP contribution in [0.15, 0.2) is 158 Å². The van der Waals surface area contributed by atoms with E-state index in [1.165, 1.54) is 0 Å². The SMILES string of the molecule is [2H]C([2H])([2H])c1ccc(-c2ccnc(-c3[c-]c(-c4cccc5c4nc(-c4cc(C([2H])(C)C)cc(C([2H])(C)C)c4O)n5-c4ccc(-c5c(C([2H])(C)C)cccc5C([2H])(C)C)cc4)cc(-c4ccccc4)c3)c2)cc1.[Pt]. The van der Waals surface area contributed by atoms with Crippen molar-refractivity contribution in [1.82, 2.24) is 14.5 Å². The van der Waals surface area contributed by atoms with E-state index in [4.69, 9.17) is 19.6 Å². The van der Waals surface area contributed by atoms with Gasteiger partial charge in [0.05, 0.1) is 16.6 Å². The third kappa shape index (κ3) is 8.97. The number of rotatable bonds is 11. The van der Waals surface area contributed by atoms with Gasteiger partial charge < -0.3 is 5.11 Å². The van der Waals surface area contributed by atoms with Crippen LogP contribution < -0.4 is 0 Å². The number of aromatic hydroxyl groups is 1. The Labute approximate surface area is 415 Å². The quantitative estimate of drug-likeness (QED) is 0.131. The molecule has 0 aliphatic rings. The van der Waals surface area contributed by atoms with Crippen molar-refractivity contribution in [2.24, 2.45) is 0 Å². The van der Waals surface area contributed by atoms with Crippen molar-refractivity contribution in [1.29, 1.82) is 0 Å². The molecule has 0 bridgehead atoms. The van der Waals surface area contributed by atoms with Crippen LogP contribution in [0.5, 0.6) is 5.75 Å². The van der Waals surface area contributed by atoms with Crippen molar-refractivity contribution in [3.8, 4) is 78.6 Å². The first kappa shape index (κ1) is 37.8. The molecular weight excluding hydrogens is 986 g/mol. The van der Waals surface area contributed by atoms with Gasteiger partial charge in [-0.2, -0.15) is 0 Å². The molecular formula is C61H58N3OPt-. The Kier molecular flexibility index (Phi) is 11.0. The largest absolute Gasteiger partial charge is 0.507 e. The molecule has 0 unspecified atom stereocenters. The van der Waals surface area contributed by atoms with Crippen molar-refractivity contribution >= 4 is 11.0 Å². The molecule has 0 aliphatic heterocycles. The molecule has 9 rings (SSSR count). The van der Waals surface area contributed by atoms with E-state index in [-0.39, 0.29) is 32.4 Å². The fourth-order valence-corrected chi connectivity index (χ4v) is 8.78. The molecule has 334 valence electrons. The first-order chi connectivity index (χ1) is 33.8. The molecule has 0 spiro atoms. The second kappa shape index (κ2) is 19.2. The van der Waals surface area contributed by atoms with Crippen LogP contribution in [0.2, 0.25) is 0 Å². The number of aryl methyl sites for hydroxylation is 1. The molecule has 0 amide bonds. The van der Waals surface area contributed by atoms with E-state index in [1.807, 2.05) is 141 Å². The van der Waals surface area contributed by atoms with Gasteiger partial charge in [-0.3, -0.25) is 9.55 Å². The minimum absolute atomic E-state index is 0. The Morgan fingerprint density at radius 2 is 1.20 bits per heavy atom. The van der Waals surface area contributed by atoms with E-state index >= 15 is 0 Å². The number of pyridine rings is 1. The minimum Gasteiger partial charge on any atom is -0.507 e. The monoisotopic (exact) mass is 1050 g/mol. The van der Waals surface area contributed by atoms with Crippen molar-refractivity contribution in [3.63, 3.8) is 0 Å². The van der Waals surface area contributed by atoms with Gasteiger partial charge >= 0.3 is 0 Å². The van der Waals surface area contributed by atoms with Crippen LogP contribution >= 0.6 is 0 Å². The summed E-state index contributed by atoms with van der Waals surface area (Å²) in [6.45, 7) is 12.3. The van der Waals surface area contributed by atoms with E-state index in [0.717, 1.165) is 72.4 Å².